The summed E-state index contributed by atoms with van der Waals surface area (Å²) in [6.45, 7) is 5.36. The molecule has 1 aliphatic heterocycles. The van der Waals surface area contributed by atoms with Crippen molar-refractivity contribution < 1.29 is 9.53 Å². The van der Waals surface area contributed by atoms with Crippen LogP contribution < -0.4 is 10.6 Å². The van der Waals surface area contributed by atoms with E-state index in [4.69, 9.17) is 21.3 Å². The molecule has 1 unspecified atom stereocenters. The fourth-order valence-corrected chi connectivity index (χ4v) is 5.41. The summed E-state index contributed by atoms with van der Waals surface area (Å²) in [4.78, 5) is 23.4. The first kappa shape index (κ1) is 22.2. The number of hydrogen-bond acceptors (Lipinski definition) is 7. The zero-order valence-corrected chi connectivity index (χ0v) is 19.9. The number of benzene rings is 1. The van der Waals surface area contributed by atoms with E-state index in [1.807, 2.05) is 43.5 Å². The minimum Gasteiger partial charge on any atom is -0.381 e. The third kappa shape index (κ3) is 5.83. The lowest BCUT2D eigenvalue weighted by Crippen LogP contribution is -2.47. The van der Waals surface area contributed by atoms with Gasteiger partial charge in [-0.1, -0.05) is 23.7 Å². The number of carbonyl (C=O) groups excluding carboxylic acids is 1. The highest BCUT2D eigenvalue weighted by Crippen LogP contribution is 2.32. The quantitative estimate of drug-likeness (QED) is 0.509. The number of amides is 1. The first-order chi connectivity index (χ1) is 15.0. The smallest absolute Gasteiger partial charge is 0.243 e. The largest absolute Gasteiger partial charge is 0.381 e. The molecular formula is C22H25ClN4O2S2. The molecule has 0 radical (unpaired) electrons. The maximum atomic E-state index is 13.1. The molecule has 1 amide bonds. The van der Waals surface area contributed by atoms with Gasteiger partial charge in [0, 0.05) is 36.1 Å². The zero-order valence-electron chi connectivity index (χ0n) is 17.5. The van der Waals surface area contributed by atoms with E-state index in [0.29, 0.717) is 24.7 Å². The maximum absolute atomic E-state index is 13.1. The van der Waals surface area contributed by atoms with Crippen molar-refractivity contribution in [3.8, 4) is 10.6 Å². The number of nitrogens with one attached hydrogen (secondary N) is 2. The number of aryl methyl sites for hydroxylation is 2. The molecule has 1 atom stereocenters. The number of rotatable bonds is 7. The molecule has 164 valence electrons. The number of anilines is 1. The van der Waals surface area contributed by atoms with Gasteiger partial charge in [-0.05, 0) is 44.4 Å². The van der Waals surface area contributed by atoms with Crippen LogP contribution in [0.1, 0.15) is 29.1 Å². The van der Waals surface area contributed by atoms with Crippen LogP contribution in [0, 0.1) is 13.8 Å². The third-order valence-electron chi connectivity index (χ3n) is 5.18. The minimum absolute atomic E-state index is 0.0246. The van der Waals surface area contributed by atoms with E-state index >= 15 is 0 Å². The molecule has 6 nitrogen and oxygen atoms in total. The van der Waals surface area contributed by atoms with Gasteiger partial charge >= 0.3 is 0 Å². The lowest BCUT2D eigenvalue weighted by Gasteiger charge is -2.26. The van der Waals surface area contributed by atoms with Gasteiger partial charge in [0.2, 0.25) is 5.91 Å². The van der Waals surface area contributed by atoms with Gasteiger partial charge in [-0.2, -0.15) is 0 Å². The summed E-state index contributed by atoms with van der Waals surface area (Å²) in [5.74, 6) is -0.0246. The lowest BCUT2D eigenvalue weighted by atomic mass is 10.0. The first-order valence-corrected chi connectivity index (χ1v) is 12.3. The molecule has 3 heterocycles. The predicted octanol–water partition coefficient (Wildman–Crippen LogP) is 4.86. The summed E-state index contributed by atoms with van der Waals surface area (Å²) < 4.78 is 5.41. The maximum Gasteiger partial charge on any atom is 0.243 e. The van der Waals surface area contributed by atoms with Crippen molar-refractivity contribution in [2.45, 2.75) is 45.2 Å². The molecule has 31 heavy (non-hydrogen) atoms. The van der Waals surface area contributed by atoms with Crippen LogP contribution in [0.4, 0.5) is 5.13 Å². The molecule has 1 aliphatic rings. The molecule has 2 N–H and O–H groups in total. The van der Waals surface area contributed by atoms with E-state index in [1.54, 1.807) is 11.3 Å². The van der Waals surface area contributed by atoms with Crippen LogP contribution in [0.25, 0.3) is 10.6 Å². The van der Waals surface area contributed by atoms with Crippen molar-refractivity contribution >= 4 is 45.3 Å². The summed E-state index contributed by atoms with van der Waals surface area (Å²) in [6, 6.07) is 7.31. The molecule has 4 rings (SSSR count). The number of hydrogen-bond donors (Lipinski definition) is 2. The summed E-state index contributed by atoms with van der Waals surface area (Å²) in [6.07, 6.45) is 2.22. The average Bonchev–Trinajstić information content (AvgIpc) is 3.35. The second-order valence-corrected chi connectivity index (χ2v) is 10.1. The van der Waals surface area contributed by atoms with Crippen molar-refractivity contribution in [3.05, 3.63) is 50.9 Å². The van der Waals surface area contributed by atoms with E-state index in [-0.39, 0.29) is 11.9 Å². The predicted molar refractivity (Wildman–Crippen MR) is 127 cm³/mol. The van der Waals surface area contributed by atoms with Crippen molar-refractivity contribution in [1.82, 2.24) is 15.3 Å². The van der Waals surface area contributed by atoms with Crippen LogP contribution in [-0.4, -0.2) is 41.2 Å². The summed E-state index contributed by atoms with van der Waals surface area (Å²) in [5.41, 5.74) is 2.91. The molecule has 1 saturated heterocycles. The Hall–Kier alpha value is -2.00. The van der Waals surface area contributed by atoms with Crippen LogP contribution in [-0.2, 0) is 16.0 Å². The van der Waals surface area contributed by atoms with Crippen LogP contribution in [0.15, 0.2) is 29.6 Å². The molecule has 1 aromatic carbocycles. The second-order valence-electron chi connectivity index (χ2n) is 7.61. The van der Waals surface area contributed by atoms with Gasteiger partial charge in [0.15, 0.2) is 5.13 Å². The first-order valence-electron chi connectivity index (χ1n) is 10.3. The zero-order chi connectivity index (χ0) is 21.8. The van der Waals surface area contributed by atoms with Gasteiger partial charge in [-0.15, -0.1) is 22.7 Å². The Kier molecular flexibility index (Phi) is 7.22. The van der Waals surface area contributed by atoms with Crippen LogP contribution >= 0.6 is 34.3 Å². The SMILES string of the molecule is Cc1nc(C)c(-c2csc(NC(Cc3ccc(Cl)cc3)C(=O)NC3CCOCC3)n2)s1. The van der Waals surface area contributed by atoms with Gasteiger partial charge in [-0.25, -0.2) is 9.97 Å². The molecule has 0 bridgehead atoms. The number of halogens is 1. The van der Waals surface area contributed by atoms with Crippen molar-refractivity contribution in [1.29, 1.82) is 0 Å². The third-order valence-corrected chi connectivity index (χ3v) is 7.30. The Morgan fingerprint density at radius 2 is 1.97 bits per heavy atom. The van der Waals surface area contributed by atoms with Gasteiger partial charge in [0.25, 0.3) is 0 Å². The summed E-state index contributed by atoms with van der Waals surface area (Å²) in [5, 5.41) is 11.0. The molecule has 0 aliphatic carbocycles. The highest BCUT2D eigenvalue weighted by atomic mass is 35.5. The number of thiazole rings is 2. The molecule has 1 fully saturated rings. The van der Waals surface area contributed by atoms with Crippen LogP contribution in [0.2, 0.25) is 5.02 Å². The van der Waals surface area contributed by atoms with Crippen LogP contribution in [0.3, 0.4) is 0 Å². The van der Waals surface area contributed by atoms with Crippen LogP contribution in [0.5, 0.6) is 0 Å². The lowest BCUT2D eigenvalue weighted by molar-refractivity contribution is -0.123. The number of carbonyl (C=O) groups is 1. The standard InChI is InChI=1S/C22H25ClN4O2S2/c1-13-20(31-14(2)24-13)19-12-30-22(27-19)26-18(11-15-3-5-16(23)6-4-15)21(28)25-17-7-9-29-10-8-17/h3-6,12,17-18H,7-11H2,1-2H3,(H,25,28)(H,26,27). The highest BCUT2D eigenvalue weighted by Gasteiger charge is 2.24. The number of nitrogens with zero attached hydrogens (tertiary/aromatic N) is 2. The Morgan fingerprint density at radius 3 is 2.65 bits per heavy atom. The second kappa shape index (κ2) is 10.1. The number of ether oxygens (including phenoxy) is 1. The molecule has 2 aromatic heterocycles. The Bertz CT molecular complexity index is 1030. The topological polar surface area (TPSA) is 76.1 Å². The van der Waals surface area contributed by atoms with Gasteiger partial charge in [0.1, 0.15) is 6.04 Å². The van der Waals surface area contributed by atoms with E-state index in [2.05, 4.69) is 15.6 Å². The monoisotopic (exact) mass is 476 g/mol. The fraction of sp³-hybridized carbons (Fsp3) is 0.409. The summed E-state index contributed by atoms with van der Waals surface area (Å²) >= 11 is 9.16. The number of aromatic nitrogens is 2. The van der Waals surface area contributed by atoms with Gasteiger partial charge < -0.3 is 15.4 Å². The van der Waals surface area contributed by atoms with Crippen molar-refractivity contribution in [3.63, 3.8) is 0 Å². The van der Waals surface area contributed by atoms with Gasteiger partial charge in [-0.3, -0.25) is 4.79 Å². The molecule has 3 aromatic rings. The minimum atomic E-state index is -0.438. The molecule has 9 heteroatoms. The van der Waals surface area contributed by atoms with E-state index in [1.165, 1.54) is 11.3 Å². The molecule has 0 saturated carbocycles. The molecular weight excluding hydrogens is 452 g/mol. The Labute approximate surface area is 195 Å². The molecule has 0 spiro atoms. The normalized spacial score (nSPS) is 15.6. The summed E-state index contributed by atoms with van der Waals surface area (Å²) in [7, 11) is 0. The van der Waals surface area contributed by atoms with Crippen molar-refractivity contribution in [2.75, 3.05) is 18.5 Å². The van der Waals surface area contributed by atoms with Crippen molar-refractivity contribution in [2.24, 2.45) is 0 Å². The highest BCUT2D eigenvalue weighted by molar-refractivity contribution is 7.16. The van der Waals surface area contributed by atoms with E-state index in [0.717, 1.165) is 44.8 Å². The van der Waals surface area contributed by atoms with E-state index in [9.17, 15) is 4.79 Å². The fourth-order valence-electron chi connectivity index (χ4n) is 3.57. The Morgan fingerprint density at radius 1 is 1.23 bits per heavy atom. The average molecular weight is 477 g/mol. The van der Waals surface area contributed by atoms with E-state index < -0.39 is 6.04 Å². The van der Waals surface area contributed by atoms with Gasteiger partial charge in [0.05, 0.1) is 21.3 Å². The Balaban J connectivity index is 1.51.